The molecule has 128 heavy (non-hydrogen) atoms. The van der Waals surface area contributed by atoms with Crippen molar-refractivity contribution in [2.24, 2.45) is 0 Å². The van der Waals surface area contributed by atoms with Gasteiger partial charge >= 0.3 is 0 Å². The number of hydrogen-bond donors (Lipinski definition) is 12. The van der Waals surface area contributed by atoms with Gasteiger partial charge in [0.1, 0.15) is 34.2 Å². The number of rotatable bonds is 18. The standard InChI is InChI=1S/C18H17ClN2O.C17H14Cl2N2O.3C17H15ClN2O.C16H12Cl2N2O/c1-11-3-5-13(6-4-11)12(2)20-18(22)17-10-14-9-15(19)7-8-16(14)21-17;1-10-2-3-11(6-14(10)19)9-20-17(22)16-8-12-7-13(18)4-5-15(12)21-16;1-11-2-4-12(5-3-11)10-19-17(21)16-9-13-8-14(18)6-7-15(13)20-16;1-11-6-7-12(8-14(11)18)10-19-17(21)16-9-13-4-2-3-5-15(13)20-16;1-11-6-7-13(14(18)8-11)10-19-17(21)16-9-12-4-2-3-5-15(12)20-16;17-12-3-1-2-10(6-12)9-19-16(21)15-8-11-7-13(18)4-5-14(11)20-15/h3-10,12,21H,1-2H3,(H,20,22);2-8,21H,9H2,1H3,(H,20,22);3*2-9,20H,10H2,1H3,(H,19,21);1-8,20H,9H2,(H,19,21). The molecule has 0 aliphatic rings. The van der Waals surface area contributed by atoms with Gasteiger partial charge in [-0.1, -0.05) is 237 Å². The third-order valence-corrected chi connectivity index (χ3v) is 23.1. The lowest BCUT2D eigenvalue weighted by molar-refractivity contribution is 0.0929. The minimum absolute atomic E-state index is 0.0527. The molecule has 12 N–H and O–H groups in total. The molecule has 648 valence electrons. The Balaban J connectivity index is 0.000000131. The SMILES string of the molecule is Cc1ccc(C(C)NC(=O)c2cc3cc(Cl)ccc3[nH]2)cc1.Cc1ccc(CNC(=O)c2cc3cc(Cl)ccc3[nH]2)cc1.Cc1ccc(CNC(=O)c2cc3cc(Cl)ccc3[nH]2)cc1Cl.Cc1ccc(CNC(=O)c2cc3ccccc3[nH]2)c(Cl)c1.Cc1ccc(CNC(=O)c2cc3ccccc3[nH]2)cc1Cl.O=C(NCc1cccc(Cl)c1)c1cc2cc(Cl)ccc2[nH]1. The molecule has 0 aliphatic heterocycles. The summed E-state index contributed by atoms with van der Waals surface area (Å²) in [6.07, 6.45) is 0. The van der Waals surface area contributed by atoms with Crippen molar-refractivity contribution in [3.8, 4) is 0 Å². The molecule has 0 radical (unpaired) electrons. The zero-order chi connectivity index (χ0) is 90.7. The number of para-hydroxylation sites is 2. The first kappa shape index (κ1) is 92.7. The fourth-order valence-corrected chi connectivity index (χ4v) is 15.2. The molecule has 12 aromatic carbocycles. The summed E-state index contributed by atoms with van der Waals surface area (Å²) < 4.78 is 0. The lowest BCUT2D eigenvalue weighted by Crippen LogP contribution is -2.26. The number of hydrogen-bond acceptors (Lipinski definition) is 6. The molecule has 0 saturated carbocycles. The van der Waals surface area contributed by atoms with Crippen molar-refractivity contribution in [3.63, 3.8) is 0 Å². The van der Waals surface area contributed by atoms with Crippen LogP contribution in [0.3, 0.4) is 0 Å². The molecule has 1 atom stereocenters. The lowest BCUT2D eigenvalue weighted by atomic mass is 10.1. The van der Waals surface area contributed by atoms with E-state index in [9.17, 15) is 28.8 Å². The second-order valence-electron chi connectivity index (χ2n) is 30.6. The monoisotopic (exact) mass is 1860 g/mol. The number of aromatic nitrogens is 6. The van der Waals surface area contributed by atoms with Gasteiger partial charge in [-0.05, 0) is 243 Å². The highest BCUT2D eigenvalue weighted by atomic mass is 35.5. The van der Waals surface area contributed by atoms with Crippen LogP contribution in [0.1, 0.15) is 137 Å². The Morgan fingerprint density at radius 3 is 0.938 bits per heavy atom. The van der Waals surface area contributed by atoms with Crippen LogP contribution in [0.2, 0.25) is 40.2 Å². The van der Waals surface area contributed by atoms with E-state index in [2.05, 4.69) is 61.8 Å². The van der Waals surface area contributed by atoms with E-state index in [1.807, 2.05) is 284 Å². The molecule has 0 bridgehead atoms. The van der Waals surface area contributed by atoms with Crippen molar-refractivity contribution < 1.29 is 28.8 Å². The average Bonchev–Trinajstić information content (AvgIpc) is 1.67. The second kappa shape index (κ2) is 43.5. The van der Waals surface area contributed by atoms with Gasteiger partial charge in [0.05, 0.1) is 6.04 Å². The zero-order valence-electron chi connectivity index (χ0n) is 70.2. The van der Waals surface area contributed by atoms with E-state index >= 15 is 0 Å². The smallest absolute Gasteiger partial charge is 0.268 e. The molecule has 6 amide bonds. The van der Waals surface area contributed by atoms with Gasteiger partial charge in [-0.3, -0.25) is 28.8 Å². The summed E-state index contributed by atoms with van der Waals surface area (Å²) in [5.74, 6) is -0.833. The number of carbonyl (C=O) groups is 6. The molecule has 0 aliphatic carbocycles. The van der Waals surface area contributed by atoms with Crippen molar-refractivity contribution in [2.75, 3.05) is 0 Å². The third kappa shape index (κ3) is 25.7. The van der Waals surface area contributed by atoms with Crippen LogP contribution in [0, 0.1) is 34.6 Å². The van der Waals surface area contributed by atoms with E-state index in [-0.39, 0.29) is 41.5 Å². The molecule has 18 nitrogen and oxygen atoms in total. The number of benzene rings is 12. The molecule has 6 heterocycles. The number of H-pyrrole nitrogens is 6. The van der Waals surface area contributed by atoms with Crippen LogP contribution in [-0.4, -0.2) is 65.3 Å². The van der Waals surface area contributed by atoms with Crippen LogP contribution in [-0.2, 0) is 32.7 Å². The number of aromatic amines is 6. The van der Waals surface area contributed by atoms with Crippen molar-refractivity contribution >= 4 is 194 Å². The number of aryl methyl sites for hydroxylation is 5. The first-order chi connectivity index (χ1) is 61.5. The summed E-state index contributed by atoms with van der Waals surface area (Å²) in [6.45, 7) is 14.2. The molecular formula is C102H88Cl8N12O6. The van der Waals surface area contributed by atoms with E-state index in [1.165, 1.54) is 11.1 Å². The van der Waals surface area contributed by atoms with E-state index in [1.54, 1.807) is 42.5 Å². The largest absolute Gasteiger partial charge is 0.351 e. The van der Waals surface area contributed by atoms with Crippen LogP contribution in [0.5, 0.6) is 0 Å². The highest BCUT2D eigenvalue weighted by Gasteiger charge is 2.18. The van der Waals surface area contributed by atoms with Crippen LogP contribution in [0.15, 0.2) is 285 Å². The van der Waals surface area contributed by atoms with Gasteiger partial charge in [0.25, 0.3) is 35.4 Å². The molecule has 1 unspecified atom stereocenters. The van der Waals surface area contributed by atoms with Crippen molar-refractivity contribution in [2.45, 2.75) is 80.3 Å². The maximum atomic E-state index is 12.4. The predicted octanol–water partition coefficient (Wildman–Crippen LogP) is 25.9. The first-order valence-corrected chi connectivity index (χ1v) is 43.7. The van der Waals surface area contributed by atoms with Gasteiger partial charge in [-0.15, -0.1) is 0 Å². The van der Waals surface area contributed by atoms with Crippen molar-refractivity contribution in [1.82, 2.24) is 61.8 Å². The molecular weight excluding hydrogens is 1770 g/mol. The van der Waals surface area contributed by atoms with Gasteiger partial charge < -0.3 is 61.8 Å². The fourth-order valence-electron chi connectivity index (χ4n) is 13.5. The molecule has 6 aromatic heterocycles. The van der Waals surface area contributed by atoms with Crippen LogP contribution in [0.4, 0.5) is 0 Å². The average molecular weight is 1860 g/mol. The Kier molecular flexibility index (Phi) is 31.5. The van der Waals surface area contributed by atoms with Crippen molar-refractivity contribution in [3.05, 3.63) is 421 Å². The molecule has 0 spiro atoms. The van der Waals surface area contributed by atoms with Gasteiger partial charge in [-0.25, -0.2) is 0 Å². The summed E-state index contributed by atoms with van der Waals surface area (Å²) in [4.78, 5) is 91.8. The Morgan fingerprint density at radius 1 is 0.258 bits per heavy atom. The minimum atomic E-state index is -0.165. The van der Waals surface area contributed by atoms with Crippen LogP contribution < -0.4 is 31.9 Å². The summed E-state index contributed by atoms with van der Waals surface area (Å²) in [5.41, 5.74) is 20.2. The summed E-state index contributed by atoms with van der Waals surface area (Å²) in [7, 11) is 0. The normalized spacial score (nSPS) is 11.0. The Morgan fingerprint density at radius 2 is 0.570 bits per heavy atom. The summed E-state index contributed by atoms with van der Waals surface area (Å²) >= 11 is 48.0. The molecule has 18 aromatic rings. The van der Waals surface area contributed by atoms with Gasteiger partial charge in [0.15, 0.2) is 0 Å². The Hall–Kier alpha value is -13.0. The van der Waals surface area contributed by atoms with E-state index in [0.29, 0.717) is 107 Å². The van der Waals surface area contributed by atoms with Crippen LogP contribution in [0.25, 0.3) is 65.4 Å². The predicted molar refractivity (Wildman–Crippen MR) is 524 cm³/mol. The third-order valence-electron chi connectivity index (χ3n) is 20.7. The minimum Gasteiger partial charge on any atom is -0.351 e. The Labute approximate surface area is 779 Å². The number of halogens is 8. The van der Waals surface area contributed by atoms with E-state index in [4.69, 9.17) is 92.8 Å². The maximum Gasteiger partial charge on any atom is 0.268 e. The zero-order valence-corrected chi connectivity index (χ0v) is 76.3. The van der Waals surface area contributed by atoms with E-state index in [0.717, 1.165) is 115 Å². The molecule has 18 rings (SSSR count). The molecule has 0 saturated heterocycles. The maximum absolute atomic E-state index is 12.4. The second-order valence-corrected chi connectivity index (χ2v) is 34.0. The number of amides is 6. The Bertz CT molecular complexity index is 6980. The number of nitrogens with one attached hydrogen (secondary N) is 12. The number of fused-ring (bicyclic) bond motifs is 6. The highest BCUT2D eigenvalue weighted by molar-refractivity contribution is 6.34. The summed E-state index contributed by atoms with van der Waals surface area (Å²) in [5, 5.41) is 28.5. The van der Waals surface area contributed by atoms with Crippen LogP contribution >= 0.6 is 92.8 Å². The first-order valence-electron chi connectivity index (χ1n) is 40.7. The topological polar surface area (TPSA) is 269 Å². The van der Waals surface area contributed by atoms with Gasteiger partial charge in [0, 0.05) is 138 Å². The quantitative estimate of drug-likeness (QED) is 0.0397. The van der Waals surface area contributed by atoms with Crippen molar-refractivity contribution in [1.29, 1.82) is 0 Å². The highest BCUT2D eigenvalue weighted by Crippen LogP contribution is 2.28. The fraction of sp³-hybridized carbons (Fsp3) is 0.118. The van der Waals surface area contributed by atoms with Gasteiger partial charge in [-0.2, -0.15) is 0 Å². The van der Waals surface area contributed by atoms with E-state index < -0.39 is 0 Å². The molecule has 0 fully saturated rings. The molecule has 26 heteroatoms. The van der Waals surface area contributed by atoms with Gasteiger partial charge in [0.2, 0.25) is 0 Å². The summed E-state index contributed by atoms with van der Waals surface area (Å²) in [6, 6.07) is 89.4. The lowest BCUT2D eigenvalue weighted by Gasteiger charge is -2.14. The number of carbonyl (C=O) groups excluding carboxylic acids is 6.